The van der Waals surface area contributed by atoms with Gasteiger partial charge in [0.2, 0.25) is 5.91 Å². The number of thioether (sulfide) groups is 1. The quantitative estimate of drug-likeness (QED) is 0.807. The molecule has 1 N–H and O–H groups in total. The second-order valence-corrected chi connectivity index (χ2v) is 8.94. The second-order valence-electron chi connectivity index (χ2n) is 7.30. The summed E-state index contributed by atoms with van der Waals surface area (Å²) in [4.78, 5) is 17.2. The molecule has 0 radical (unpaired) electrons. The number of aromatic nitrogens is 3. The first-order valence-electron chi connectivity index (χ1n) is 9.42. The van der Waals surface area contributed by atoms with Gasteiger partial charge in [0.15, 0.2) is 11.6 Å². The van der Waals surface area contributed by atoms with Gasteiger partial charge in [-0.3, -0.25) is 4.79 Å². The van der Waals surface area contributed by atoms with Gasteiger partial charge >= 0.3 is 0 Å². The van der Waals surface area contributed by atoms with Crippen molar-refractivity contribution in [2.75, 3.05) is 5.75 Å². The van der Waals surface area contributed by atoms with E-state index in [-0.39, 0.29) is 16.7 Å². The molecule has 140 valence electrons. The van der Waals surface area contributed by atoms with Crippen LogP contribution in [-0.2, 0) is 24.2 Å². The molecule has 0 aliphatic carbocycles. The van der Waals surface area contributed by atoms with Gasteiger partial charge in [0.25, 0.3) is 0 Å². The number of hydrogen-bond acceptors (Lipinski definition) is 4. The Labute approximate surface area is 160 Å². The van der Waals surface area contributed by atoms with E-state index in [1.165, 1.54) is 5.56 Å². The fourth-order valence-electron chi connectivity index (χ4n) is 3.01. The summed E-state index contributed by atoms with van der Waals surface area (Å²) in [6.07, 6.45) is 3.91. The SMILES string of the molecule is CCCCn1nc(CCc2ccccc2)nc1[C@H]1CSC(C)(C)C(=O)N1. The van der Waals surface area contributed by atoms with Crippen LogP contribution >= 0.6 is 11.8 Å². The van der Waals surface area contributed by atoms with Crippen molar-refractivity contribution >= 4 is 17.7 Å². The van der Waals surface area contributed by atoms with Gasteiger partial charge in [-0.25, -0.2) is 9.67 Å². The van der Waals surface area contributed by atoms with Crippen LogP contribution in [0.25, 0.3) is 0 Å². The molecule has 2 aromatic rings. The van der Waals surface area contributed by atoms with Crippen LogP contribution in [0.15, 0.2) is 30.3 Å². The Bertz CT molecular complexity index is 742. The van der Waals surface area contributed by atoms with Gasteiger partial charge in [-0.2, -0.15) is 5.10 Å². The summed E-state index contributed by atoms with van der Waals surface area (Å²) < 4.78 is 1.63. The van der Waals surface area contributed by atoms with Gasteiger partial charge in [-0.05, 0) is 32.3 Å². The molecule has 0 unspecified atom stereocenters. The summed E-state index contributed by atoms with van der Waals surface area (Å²) in [5.74, 6) is 2.68. The molecule has 1 aromatic heterocycles. The summed E-state index contributed by atoms with van der Waals surface area (Å²) in [6, 6.07) is 10.4. The third-order valence-electron chi connectivity index (χ3n) is 4.72. The summed E-state index contributed by atoms with van der Waals surface area (Å²) in [5.41, 5.74) is 1.29. The van der Waals surface area contributed by atoms with Crippen molar-refractivity contribution in [3.8, 4) is 0 Å². The van der Waals surface area contributed by atoms with Crippen molar-refractivity contribution in [3.63, 3.8) is 0 Å². The monoisotopic (exact) mass is 372 g/mol. The minimum absolute atomic E-state index is 0.0599. The first-order chi connectivity index (χ1) is 12.5. The Hall–Kier alpha value is -1.82. The van der Waals surface area contributed by atoms with Crippen LogP contribution in [0.3, 0.4) is 0 Å². The Morgan fingerprint density at radius 3 is 2.73 bits per heavy atom. The van der Waals surface area contributed by atoms with E-state index in [2.05, 4.69) is 36.5 Å². The van der Waals surface area contributed by atoms with Crippen LogP contribution in [0, 0.1) is 0 Å². The maximum atomic E-state index is 12.4. The molecule has 1 saturated heterocycles. The number of unbranched alkanes of at least 4 members (excludes halogenated alkanes) is 1. The lowest BCUT2D eigenvalue weighted by atomic mass is 10.1. The Balaban J connectivity index is 1.75. The number of nitrogens with one attached hydrogen (secondary N) is 1. The second kappa shape index (κ2) is 8.25. The molecule has 1 atom stereocenters. The Morgan fingerprint density at radius 1 is 1.27 bits per heavy atom. The van der Waals surface area contributed by atoms with Gasteiger partial charge < -0.3 is 5.32 Å². The van der Waals surface area contributed by atoms with Gasteiger partial charge in [-0.1, -0.05) is 43.7 Å². The average molecular weight is 373 g/mol. The van der Waals surface area contributed by atoms with Crippen LogP contribution in [-0.4, -0.2) is 31.2 Å². The fraction of sp³-hybridized carbons (Fsp3) is 0.550. The molecule has 3 rings (SSSR count). The first-order valence-corrected chi connectivity index (χ1v) is 10.4. The molecule has 5 nitrogen and oxygen atoms in total. The number of carbonyl (C=O) groups is 1. The fourth-order valence-corrected chi connectivity index (χ4v) is 4.02. The highest BCUT2D eigenvalue weighted by molar-refractivity contribution is 8.01. The van der Waals surface area contributed by atoms with Crippen molar-refractivity contribution < 1.29 is 4.79 Å². The van der Waals surface area contributed by atoms with E-state index >= 15 is 0 Å². The number of rotatable bonds is 7. The molecule has 1 aromatic carbocycles. The highest BCUT2D eigenvalue weighted by atomic mass is 32.2. The van der Waals surface area contributed by atoms with Gasteiger partial charge in [0.05, 0.1) is 10.8 Å². The highest BCUT2D eigenvalue weighted by Gasteiger charge is 2.37. The molecule has 2 heterocycles. The van der Waals surface area contributed by atoms with E-state index in [9.17, 15) is 4.79 Å². The van der Waals surface area contributed by atoms with E-state index in [1.54, 1.807) is 11.8 Å². The van der Waals surface area contributed by atoms with Crippen molar-refractivity contribution in [3.05, 3.63) is 47.5 Å². The Kier molecular flexibility index (Phi) is 6.01. The van der Waals surface area contributed by atoms with E-state index < -0.39 is 0 Å². The van der Waals surface area contributed by atoms with Crippen LogP contribution in [0.5, 0.6) is 0 Å². The minimum atomic E-state index is -0.374. The minimum Gasteiger partial charge on any atom is -0.344 e. The molecule has 26 heavy (non-hydrogen) atoms. The molecule has 0 saturated carbocycles. The lowest BCUT2D eigenvalue weighted by Gasteiger charge is -2.33. The molecular formula is C20H28N4OS. The number of benzene rings is 1. The lowest BCUT2D eigenvalue weighted by molar-refractivity contribution is -0.123. The normalized spacial score (nSPS) is 19.3. The predicted molar refractivity (Wildman–Crippen MR) is 106 cm³/mol. The maximum absolute atomic E-state index is 12.4. The maximum Gasteiger partial charge on any atom is 0.236 e. The predicted octanol–water partition coefficient (Wildman–Crippen LogP) is 3.55. The van der Waals surface area contributed by atoms with Crippen molar-refractivity contribution in [1.82, 2.24) is 20.1 Å². The number of hydrogen-bond donors (Lipinski definition) is 1. The zero-order chi connectivity index (χ0) is 18.6. The molecule has 6 heteroatoms. The van der Waals surface area contributed by atoms with Gasteiger partial charge in [-0.15, -0.1) is 11.8 Å². The summed E-state index contributed by atoms with van der Waals surface area (Å²) in [7, 11) is 0. The topological polar surface area (TPSA) is 59.8 Å². The van der Waals surface area contributed by atoms with E-state index in [0.29, 0.717) is 0 Å². The van der Waals surface area contributed by atoms with E-state index in [1.807, 2.05) is 24.6 Å². The third kappa shape index (κ3) is 4.47. The smallest absolute Gasteiger partial charge is 0.236 e. The molecule has 1 fully saturated rings. The summed E-state index contributed by atoms with van der Waals surface area (Å²) in [6.45, 7) is 6.96. The lowest BCUT2D eigenvalue weighted by Crippen LogP contribution is -2.48. The first kappa shape index (κ1) is 19.0. The number of aryl methyl sites for hydroxylation is 3. The average Bonchev–Trinajstić information content (AvgIpc) is 3.04. The third-order valence-corrected chi connectivity index (χ3v) is 6.13. The highest BCUT2D eigenvalue weighted by Crippen LogP contribution is 2.34. The molecule has 0 spiro atoms. The number of carbonyl (C=O) groups excluding carboxylic acids is 1. The van der Waals surface area contributed by atoms with Crippen molar-refractivity contribution in [2.24, 2.45) is 0 Å². The molecule has 1 amide bonds. The molecule has 1 aliphatic heterocycles. The zero-order valence-electron chi connectivity index (χ0n) is 15.9. The summed E-state index contributed by atoms with van der Waals surface area (Å²) >= 11 is 1.69. The zero-order valence-corrected chi connectivity index (χ0v) is 16.7. The van der Waals surface area contributed by atoms with Crippen LogP contribution in [0.1, 0.15) is 56.9 Å². The molecule has 0 bridgehead atoms. The van der Waals surface area contributed by atoms with Crippen LogP contribution in [0.4, 0.5) is 0 Å². The Morgan fingerprint density at radius 2 is 2.04 bits per heavy atom. The van der Waals surface area contributed by atoms with Crippen LogP contribution < -0.4 is 5.32 Å². The van der Waals surface area contributed by atoms with Gasteiger partial charge in [0, 0.05) is 18.7 Å². The molecule has 1 aliphatic rings. The van der Waals surface area contributed by atoms with Gasteiger partial charge in [0.1, 0.15) is 0 Å². The molecular weight excluding hydrogens is 344 g/mol. The van der Waals surface area contributed by atoms with E-state index in [4.69, 9.17) is 10.1 Å². The standard InChI is InChI=1S/C20H28N4OS/c1-4-5-13-24-18(16-14-26-20(2,3)19(25)21-16)22-17(23-24)12-11-15-9-7-6-8-10-15/h6-10,16H,4-5,11-14H2,1-3H3,(H,21,25)/t16-/m1/s1. The number of nitrogens with zero attached hydrogens (tertiary/aromatic N) is 3. The largest absolute Gasteiger partial charge is 0.344 e. The summed E-state index contributed by atoms with van der Waals surface area (Å²) in [5, 5.41) is 7.89. The van der Waals surface area contributed by atoms with Crippen molar-refractivity contribution in [2.45, 2.75) is 63.8 Å². The van der Waals surface area contributed by atoms with E-state index in [0.717, 1.165) is 49.6 Å². The van der Waals surface area contributed by atoms with Crippen LogP contribution in [0.2, 0.25) is 0 Å². The van der Waals surface area contributed by atoms with Crippen molar-refractivity contribution in [1.29, 1.82) is 0 Å². The number of amides is 1.